The van der Waals surface area contributed by atoms with E-state index >= 15 is 0 Å². The van der Waals surface area contributed by atoms with Crippen LogP contribution in [0.25, 0.3) is 0 Å². The topological polar surface area (TPSA) is 13.0 Å². The highest BCUT2D eigenvalue weighted by Crippen LogP contribution is 2.26. The van der Waals surface area contributed by atoms with E-state index in [1.807, 2.05) is 0 Å². The van der Waals surface area contributed by atoms with E-state index in [-0.39, 0.29) is 0 Å². The summed E-state index contributed by atoms with van der Waals surface area (Å²) in [5, 5.41) is 0. The average molecular weight is 395 g/mol. The zero-order chi connectivity index (χ0) is 20.9. The van der Waals surface area contributed by atoms with E-state index in [1.165, 1.54) is 78.0 Å². The number of nitrogens with zero attached hydrogens (tertiary/aromatic N) is 4. The molecule has 4 nitrogen and oxygen atoms in total. The van der Waals surface area contributed by atoms with Crippen LogP contribution in [-0.4, -0.2) is 95.1 Å². The predicted molar refractivity (Wildman–Crippen MR) is 123 cm³/mol. The third kappa shape index (κ3) is 6.17. The Kier molecular flexibility index (Phi) is 8.82. The van der Waals surface area contributed by atoms with Crippen LogP contribution in [-0.2, 0) is 0 Å². The highest BCUT2D eigenvalue weighted by Gasteiger charge is 2.33. The summed E-state index contributed by atoms with van der Waals surface area (Å²) in [5.74, 6) is 0. The Bertz CT molecular complexity index is 446. The Balaban J connectivity index is 1.75. The van der Waals surface area contributed by atoms with Crippen LogP contribution in [0.5, 0.6) is 0 Å². The molecule has 0 aliphatic carbocycles. The van der Waals surface area contributed by atoms with Gasteiger partial charge in [-0.15, -0.1) is 0 Å². The monoisotopic (exact) mass is 394 g/mol. The van der Waals surface area contributed by atoms with Gasteiger partial charge in [0.05, 0.1) is 0 Å². The van der Waals surface area contributed by atoms with Gasteiger partial charge in [0.25, 0.3) is 0 Å². The molecule has 0 aromatic carbocycles. The van der Waals surface area contributed by atoms with Crippen molar-refractivity contribution < 1.29 is 0 Å². The molecule has 0 saturated carbocycles. The maximum atomic E-state index is 2.75. The molecule has 2 fully saturated rings. The zero-order valence-corrected chi connectivity index (χ0v) is 20.4. The molecule has 2 rings (SSSR count). The fourth-order valence-corrected chi connectivity index (χ4v) is 4.92. The fourth-order valence-electron chi connectivity index (χ4n) is 4.92. The van der Waals surface area contributed by atoms with E-state index in [1.54, 1.807) is 0 Å². The van der Waals surface area contributed by atoms with Gasteiger partial charge in [0.15, 0.2) is 0 Å². The van der Waals surface area contributed by atoms with Crippen LogP contribution in [0.15, 0.2) is 0 Å². The number of hydrogen-bond donors (Lipinski definition) is 0. The lowest BCUT2D eigenvalue weighted by Crippen LogP contribution is -2.57. The summed E-state index contributed by atoms with van der Waals surface area (Å²) in [5.41, 5.74) is 0.677. The molecule has 2 saturated heterocycles. The minimum absolute atomic E-state index is 0.321. The third-order valence-electron chi connectivity index (χ3n) is 8.22. The second-order valence-electron chi connectivity index (χ2n) is 10.7. The van der Waals surface area contributed by atoms with E-state index in [2.05, 4.69) is 75.0 Å². The van der Waals surface area contributed by atoms with Gasteiger partial charge in [-0.05, 0) is 67.2 Å². The number of hydrogen-bond acceptors (Lipinski definition) is 4. The van der Waals surface area contributed by atoms with Gasteiger partial charge in [0, 0.05) is 75.5 Å². The highest BCUT2D eigenvalue weighted by molar-refractivity contribution is 4.89. The van der Waals surface area contributed by atoms with Crippen LogP contribution >= 0.6 is 0 Å². The van der Waals surface area contributed by atoms with E-state index in [4.69, 9.17) is 0 Å². The van der Waals surface area contributed by atoms with Crippen molar-refractivity contribution in [2.45, 2.75) is 104 Å². The first-order valence-electron chi connectivity index (χ1n) is 12.1. The molecule has 2 aliphatic rings. The summed E-state index contributed by atoms with van der Waals surface area (Å²) < 4.78 is 0. The first kappa shape index (κ1) is 24.1. The summed E-state index contributed by atoms with van der Waals surface area (Å²) in [4.78, 5) is 10.9. The zero-order valence-electron chi connectivity index (χ0n) is 20.4. The van der Waals surface area contributed by atoms with E-state index in [9.17, 15) is 0 Å². The van der Waals surface area contributed by atoms with Crippen LogP contribution in [0.1, 0.15) is 81.1 Å². The molecule has 166 valence electrons. The second-order valence-corrected chi connectivity index (χ2v) is 10.7. The van der Waals surface area contributed by atoms with Gasteiger partial charge in [0.2, 0.25) is 0 Å². The number of piperazine rings is 2. The third-order valence-corrected chi connectivity index (χ3v) is 8.22. The molecule has 28 heavy (non-hydrogen) atoms. The van der Waals surface area contributed by atoms with Crippen LogP contribution in [0.2, 0.25) is 0 Å². The van der Waals surface area contributed by atoms with Gasteiger partial charge < -0.3 is 0 Å². The Labute approximate surface area is 176 Å². The molecular formula is C24H50N4. The first-order chi connectivity index (χ1) is 13.1. The molecule has 0 aromatic heterocycles. The maximum absolute atomic E-state index is 2.75. The molecule has 0 bridgehead atoms. The summed E-state index contributed by atoms with van der Waals surface area (Å²) in [6.45, 7) is 29.1. The lowest BCUT2D eigenvalue weighted by Gasteiger charge is -2.47. The highest BCUT2D eigenvalue weighted by atomic mass is 15.3. The Morgan fingerprint density at radius 1 is 0.643 bits per heavy atom. The summed E-state index contributed by atoms with van der Waals surface area (Å²) >= 11 is 0. The minimum atomic E-state index is 0.321. The van der Waals surface area contributed by atoms with Crippen molar-refractivity contribution in [2.75, 3.05) is 52.4 Å². The Morgan fingerprint density at radius 2 is 1.07 bits per heavy atom. The van der Waals surface area contributed by atoms with Crippen molar-refractivity contribution >= 4 is 0 Å². The molecule has 0 radical (unpaired) electrons. The van der Waals surface area contributed by atoms with E-state index < -0.39 is 0 Å². The first-order valence-corrected chi connectivity index (χ1v) is 12.1. The summed E-state index contributed by atoms with van der Waals surface area (Å²) in [6.07, 6.45) is 5.12. The standard InChI is InChI=1S/C24H50N4/c1-9-21(3)25-13-19-28(20-14-25)24(7,8)12-11-22(4)26-15-17-27(18-16-26)23(5,6)10-2/h21-22H,9-20H2,1-8H3. The lowest BCUT2D eigenvalue weighted by molar-refractivity contribution is 0.0159. The van der Waals surface area contributed by atoms with Crippen LogP contribution in [0, 0.1) is 0 Å². The van der Waals surface area contributed by atoms with Gasteiger partial charge in [-0.1, -0.05) is 13.8 Å². The SMILES string of the molecule is CCC(C)N1CCN(C(C)(C)CCC(C)N2CCN(C(C)(C)CC)CC2)CC1. The summed E-state index contributed by atoms with van der Waals surface area (Å²) in [6, 6.07) is 1.44. The molecule has 2 heterocycles. The molecular weight excluding hydrogens is 344 g/mol. The van der Waals surface area contributed by atoms with Crippen LogP contribution < -0.4 is 0 Å². The molecule has 0 aromatic rings. The van der Waals surface area contributed by atoms with Crippen molar-refractivity contribution in [3.63, 3.8) is 0 Å². The quantitative estimate of drug-likeness (QED) is 0.582. The summed E-state index contributed by atoms with van der Waals surface area (Å²) in [7, 11) is 0. The molecule has 2 unspecified atom stereocenters. The van der Waals surface area contributed by atoms with E-state index in [0.717, 1.165) is 6.04 Å². The van der Waals surface area contributed by atoms with Gasteiger partial charge in [-0.3, -0.25) is 19.6 Å². The molecule has 4 heteroatoms. The van der Waals surface area contributed by atoms with Gasteiger partial charge >= 0.3 is 0 Å². The normalized spacial score (nSPS) is 24.4. The second kappa shape index (κ2) is 10.2. The molecule has 0 amide bonds. The Morgan fingerprint density at radius 3 is 1.50 bits per heavy atom. The largest absolute Gasteiger partial charge is 0.298 e. The maximum Gasteiger partial charge on any atom is 0.0154 e. The van der Waals surface area contributed by atoms with Gasteiger partial charge in [-0.2, -0.15) is 0 Å². The molecule has 0 N–H and O–H groups in total. The van der Waals surface area contributed by atoms with Crippen molar-refractivity contribution in [2.24, 2.45) is 0 Å². The minimum Gasteiger partial charge on any atom is -0.298 e. The predicted octanol–water partition coefficient (Wildman–Crippen LogP) is 4.16. The van der Waals surface area contributed by atoms with Gasteiger partial charge in [0.1, 0.15) is 0 Å². The molecule has 2 aliphatic heterocycles. The van der Waals surface area contributed by atoms with Crippen molar-refractivity contribution in [1.29, 1.82) is 0 Å². The van der Waals surface area contributed by atoms with Crippen LogP contribution in [0.3, 0.4) is 0 Å². The van der Waals surface area contributed by atoms with Crippen molar-refractivity contribution in [3.8, 4) is 0 Å². The van der Waals surface area contributed by atoms with E-state index in [0.29, 0.717) is 17.1 Å². The smallest absolute Gasteiger partial charge is 0.0154 e. The number of rotatable bonds is 9. The van der Waals surface area contributed by atoms with Gasteiger partial charge in [-0.25, -0.2) is 0 Å². The Hall–Kier alpha value is -0.160. The average Bonchev–Trinajstić information content (AvgIpc) is 2.71. The molecule has 2 atom stereocenters. The lowest BCUT2D eigenvalue weighted by atomic mass is 9.92. The molecule has 0 spiro atoms. The fraction of sp³-hybridized carbons (Fsp3) is 1.00. The van der Waals surface area contributed by atoms with Crippen molar-refractivity contribution in [1.82, 2.24) is 19.6 Å². The van der Waals surface area contributed by atoms with Crippen LogP contribution in [0.4, 0.5) is 0 Å². The van der Waals surface area contributed by atoms with Crippen molar-refractivity contribution in [3.05, 3.63) is 0 Å².